The lowest BCUT2D eigenvalue weighted by Gasteiger charge is -2.47. The van der Waals surface area contributed by atoms with Crippen LogP contribution in [0.15, 0.2) is 48.7 Å². The molecule has 13 heteroatoms. The smallest absolute Gasteiger partial charge is 0.316 e. The van der Waals surface area contributed by atoms with E-state index in [1.807, 2.05) is 65.8 Å². The second kappa shape index (κ2) is 18.2. The number of pyridine rings is 1. The number of hydrogen-bond donors (Lipinski definition) is 2. The molecule has 2 aromatic rings. The Hall–Kier alpha value is -3.85. The Morgan fingerprint density at radius 3 is 2.45 bits per heavy atom. The van der Waals surface area contributed by atoms with E-state index < -0.39 is 83.1 Å². The fourth-order valence-corrected chi connectivity index (χ4v) is 9.47. The molecular weight excluding hydrogens is 743 g/mol. The zero-order valence-corrected chi connectivity index (χ0v) is 35.7. The van der Waals surface area contributed by atoms with Crippen LogP contribution in [0, 0.1) is 29.6 Å². The summed E-state index contributed by atoms with van der Waals surface area (Å²) in [5, 5.41) is 12.4. The van der Waals surface area contributed by atoms with Gasteiger partial charge in [-0.25, -0.2) is 0 Å². The molecule has 0 aliphatic carbocycles. The molecule has 13 atom stereocenters. The van der Waals surface area contributed by atoms with Gasteiger partial charge in [-0.1, -0.05) is 46.4 Å². The molecule has 3 aliphatic heterocycles. The number of hydrogen-bond acceptors (Lipinski definition) is 12. The number of aromatic nitrogens is 1. The lowest BCUT2D eigenvalue weighted by atomic mass is 9.69. The van der Waals surface area contributed by atoms with Crippen LogP contribution in [0.2, 0.25) is 0 Å². The van der Waals surface area contributed by atoms with E-state index in [2.05, 4.69) is 11.6 Å². The standard InChI is InChI=1S/C45H63N3O10/c1-12-35-45(9)36(25(3)23-55-45)27(5)37(49)24(2)21-44(8,54-17-13-14-30-19-32-20-31(41(46)52)15-16-33(32)47-22-30)40(28(6)38(50)29(7)42(53)57-35)58-43-39(51)34(48(10)11)18-26(4)56-43/h13-16,19-20,22,24,26-29,34-36,39-40,43,51H,3,12,17-18,21,23H2,1-2,4-11H3,(H2,46,52)/b14-13-/t24-,26-,27?,28+,29?,34+,35-,36+,39-,40-,43+,44-,45-/m1/s1. The van der Waals surface area contributed by atoms with Crippen molar-refractivity contribution in [2.75, 3.05) is 27.3 Å². The second-order valence-corrected chi connectivity index (χ2v) is 17.3. The van der Waals surface area contributed by atoms with Crippen molar-refractivity contribution in [1.29, 1.82) is 0 Å². The zero-order chi connectivity index (χ0) is 42.9. The molecule has 4 heterocycles. The Bertz CT molecular complexity index is 1900. The summed E-state index contributed by atoms with van der Waals surface area (Å²) in [7, 11) is 3.75. The van der Waals surface area contributed by atoms with Gasteiger partial charge >= 0.3 is 5.97 Å². The maximum absolute atomic E-state index is 14.6. The highest BCUT2D eigenvalue weighted by atomic mass is 16.7. The third-order valence-electron chi connectivity index (χ3n) is 12.7. The number of carbonyl (C=O) groups is 4. The number of ketones is 2. The Labute approximate surface area is 342 Å². The number of likely N-dealkylation sites (N-methyl/N-ethyl adjacent to an activating group) is 1. The van der Waals surface area contributed by atoms with E-state index >= 15 is 0 Å². The molecule has 58 heavy (non-hydrogen) atoms. The van der Waals surface area contributed by atoms with E-state index in [0.29, 0.717) is 23.9 Å². The summed E-state index contributed by atoms with van der Waals surface area (Å²) in [6.45, 7) is 18.9. The largest absolute Gasteiger partial charge is 0.459 e. The average Bonchev–Trinajstić information content (AvgIpc) is 3.49. The minimum absolute atomic E-state index is 0.0268. The molecule has 0 radical (unpaired) electrons. The number of nitrogens with zero attached hydrogens (tertiary/aromatic N) is 2. The first-order valence-electron chi connectivity index (χ1n) is 20.5. The number of rotatable bonds is 9. The fourth-order valence-electron chi connectivity index (χ4n) is 9.47. The minimum atomic E-state index is -1.35. The summed E-state index contributed by atoms with van der Waals surface area (Å²) in [5.41, 5.74) is 5.66. The van der Waals surface area contributed by atoms with Crippen LogP contribution in [0.4, 0.5) is 0 Å². The average molecular weight is 806 g/mol. The third-order valence-corrected chi connectivity index (χ3v) is 12.7. The molecule has 2 unspecified atom stereocenters. The fraction of sp³-hybridized carbons (Fsp3) is 0.622. The van der Waals surface area contributed by atoms with Crippen LogP contribution >= 0.6 is 0 Å². The van der Waals surface area contributed by atoms with Crippen LogP contribution in [0.5, 0.6) is 0 Å². The molecule has 3 N–H and O–H groups in total. The first-order chi connectivity index (χ1) is 27.2. The number of amides is 1. The molecule has 3 saturated heterocycles. The monoisotopic (exact) mass is 805 g/mol. The molecule has 0 saturated carbocycles. The number of nitrogens with two attached hydrogens (primary N) is 1. The summed E-state index contributed by atoms with van der Waals surface area (Å²) in [4.78, 5) is 61.3. The first kappa shape index (κ1) is 45.2. The number of fused-ring (bicyclic) bond motifs is 2. The predicted molar refractivity (Wildman–Crippen MR) is 219 cm³/mol. The Balaban J connectivity index is 1.56. The summed E-state index contributed by atoms with van der Waals surface area (Å²) >= 11 is 0. The topological polar surface area (TPSA) is 177 Å². The second-order valence-electron chi connectivity index (χ2n) is 17.3. The van der Waals surface area contributed by atoms with Crippen molar-refractivity contribution < 1.29 is 48.0 Å². The molecule has 0 spiro atoms. The predicted octanol–water partition coefficient (Wildman–Crippen LogP) is 5.30. The molecular formula is C45H63N3O10. The molecule has 3 fully saturated rings. The number of benzene rings is 1. The molecule has 1 aromatic carbocycles. The Morgan fingerprint density at radius 1 is 1.09 bits per heavy atom. The summed E-state index contributed by atoms with van der Waals surface area (Å²) < 4.78 is 32.2. The van der Waals surface area contributed by atoms with E-state index in [1.54, 1.807) is 44.3 Å². The van der Waals surface area contributed by atoms with Crippen molar-refractivity contribution in [3.63, 3.8) is 0 Å². The van der Waals surface area contributed by atoms with Gasteiger partial charge in [0.1, 0.15) is 29.5 Å². The number of aliphatic hydroxyl groups is 1. The SMILES string of the molecule is C=C1CO[C@]2(C)[C@@H](CC)OC(=O)C(C)C(=O)[C@H](C)[C@@H](O[C@@H]3O[C@H](C)C[C@H](N(C)C)[C@H]3O)[C@](C)(OC/C=C\c3cnc4ccc(C(N)=O)cc4c3)C[C@@H](C)C(=O)C(C)[C@H]12. The van der Waals surface area contributed by atoms with Crippen LogP contribution in [0.25, 0.3) is 17.0 Å². The van der Waals surface area contributed by atoms with Crippen molar-refractivity contribution in [3.8, 4) is 0 Å². The van der Waals surface area contributed by atoms with Gasteiger partial charge in [0, 0.05) is 46.9 Å². The van der Waals surface area contributed by atoms with Gasteiger partial charge in [0.25, 0.3) is 0 Å². The number of esters is 1. The van der Waals surface area contributed by atoms with Crippen molar-refractivity contribution in [3.05, 3.63) is 59.8 Å². The van der Waals surface area contributed by atoms with E-state index in [9.17, 15) is 24.3 Å². The number of carbonyl (C=O) groups excluding carboxylic acids is 4. The van der Waals surface area contributed by atoms with Gasteiger partial charge in [0.05, 0.1) is 36.5 Å². The summed E-state index contributed by atoms with van der Waals surface area (Å²) in [5.74, 6) is -5.56. The van der Waals surface area contributed by atoms with Crippen LogP contribution < -0.4 is 5.73 Å². The van der Waals surface area contributed by atoms with Gasteiger partial charge in [0.15, 0.2) is 12.1 Å². The number of primary amides is 1. The van der Waals surface area contributed by atoms with E-state index in [1.165, 1.54) is 6.92 Å². The lowest BCUT2D eigenvalue weighted by molar-refractivity contribution is -0.296. The normalized spacial score (nSPS) is 36.9. The highest BCUT2D eigenvalue weighted by Gasteiger charge is 2.55. The van der Waals surface area contributed by atoms with Crippen LogP contribution in [0.1, 0.15) is 90.6 Å². The highest BCUT2D eigenvalue weighted by molar-refractivity contribution is 6.00. The molecule has 5 rings (SSSR count). The van der Waals surface area contributed by atoms with Gasteiger partial charge in [-0.3, -0.25) is 24.2 Å². The van der Waals surface area contributed by atoms with Gasteiger partial charge in [-0.05, 0) is 96.5 Å². The molecule has 1 aromatic heterocycles. The van der Waals surface area contributed by atoms with Crippen molar-refractivity contribution in [2.24, 2.45) is 35.3 Å². The minimum Gasteiger partial charge on any atom is -0.459 e. The number of Topliss-reactive ketones (excluding diaryl/α,β-unsaturated/α-hetero) is 2. The Kier molecular flexibility index (Phi) is 14.2. The number of ether oxygens (including phenoxy) is 5. The third kappa shape index (κ3) is 9.30. The summed E-state index contributed by atoms with van der Waals surface area (Å²) in [6, 6.07) is 6.63. The molecule has 3 aliphatic rings. The maximum atomic E-state index is 14.6. The van der Waals surface area contributed by atoms with Gasteiger partial charge in [-0.15, -0.1) is 0 Å². The zero-order valence-electron chi connectivity index (χ0n) is 35.7. The number of cyclic esters (lactones) is 1. The van der Waals surface area contributed by atoms with E-state index in [0.717, 1.165) is 16.5 Å². The van der Waals surface area contributed by atoms with Crippen molar-refractivity contribution >= 4 is 40.4 Å². The molecule has 318 valence electrons. The van der Waals surface area contributed by atoms with E-state index in [4.69, 9.17) is 29.4 Å². The van der Waals surface area contributed by atoms with Crippen LogP contribution in [-0.2, 0) is 38.1 Å². The number of aliphatic hydroxyl groups excluding tert-OH is 1. The van der Waals surface area contributed by atoms with Gasteiger partial charge in [0.2, 0.25) is 5.91 Å². The Morgan fingerprint density at radius 2 is 1.79 bits per heavy atom. The van der Waals surface area contributed by atoms with Crippen LogP contribution in [-0.4, -0.2) is 114 Å². The van der Waals surface area contributed by atoms with Crippen molar-refractivity contribution in [1.82, 2.24) is 9.88 Å². The molecule has 13 nitrogen and oxygen atoms in total. The molecule has 1 amide bonds. The quantitative estimate of drug-likeness (QED) is 0.190. The van der Waals surface area contributed by atoms with Crippen molar-refractivity contribution in [2.45, 2.75) is 123 Å². The van der Waals surface area contributed by atoms with E-state index in [-0.39, 0.29) is 37.6 Å². The van der Waals surface area contributed by atoms with Gasteiger partial charge < -0.3 is 39.4 Å². The van der Waals surface area contributed by atoms with Crippen LogP contribution in [0.3, 0.4) is 0 Å². The highest BCUT2D eigenvalue weighted by Crippen LogP contribution is 2.46. The first-order valence-corrected chi connectivity index (χ1v) is 20.5. The molecule has 0 bridgehead atoms. The lowest BCUT2D eigenvalue weighted by Crippen LogP contribution is -2.59. The van der Waals surface area contributed by atoms with Gasteiger partial charge in [-0.2, -0.15) is 0 Å². The summed E-state index contributed by atoms with van der Waals surface area (Å²) in [6.07, 6.45) is 2.03. The maximum Gasteiger partial charge on any atom is 0.316 e.